The highest BCUT2D eigenvalue weighted by Gasteiger charge is 1.99. The maximum atomic E-state index is 9.27. The molecule has 3 N–H and O–H groups in total. The smallest absolute Gasteiger partial charge is 0.157 e. The highest BCUT2D eigenvalue weighted by molar-refractivity contribution is 5.40. The van der Waals surface area contributed by atoms with Crippen LogP contribution in [0.1, 0.15) is 25.3 Å². The fraction of sp³-hybridized carbons (Fsp3) is 0.500. The monoisotopic (exact) mass is 209 g/mol. The van der Waals surface area contributed by atoms with E-state index in [1.165, 1.54) is 18.9 Å². The lowest BCUT2D eigenvalue weighted by molar-refractivity contribution is 0.403. The van der Waals surface area contributed by atoms with Crippen molar-refractivity contribution in [3.63, 3.8) is 0 Å². The predicted molar refractivity (Wildman–Crippen MR) is 61.3 cm³/mol. The number of rotatable bonds is 6. The maximum Gasteiger partial charge on any atom is 0.157 e. The lowest BCUT2D eigenvalue weighted by Gasteiger charge is -2.05. The Morgan fingerprint density at radius 1 is 1.13 bits per heavy atom. The van der Waals surface area contributed by atoms with E-state index < -0.39 is 0 Å². The van der Waals surface area contributed by atoms with Gasteiger partial charge in [0, 0.05) is 0 Å². The average molecular weight is 209 g/mol. The summed E-state index contributed by atoms with van der Waals surface area (Å²) in [5.41, 5.74) is 1.04. The number of hydrogen-bond donors (Lipinski definition) is 3. The molecule has 84 valence electrons. The van der Waals surface area contributed by atoms with Gasteiger partial charge in [0.1, 0.15) is 0 Å². The summed E-state index contributed by atoms with van der Waals surface area (Å²) in [5, 5.41) is 21.7. The third-order valence-corrected chi connectivity index (χ3v) is 2.34. The second-order valence-electron chi connectivity index (χ2n) is 3.68. The van der Waals surface area contributed by atoms with Gasteiger partial charge in [-0.15, -0.1) is 0 Å². The molecule has 3 heteroatoms. The Morgan fingerprint density at radius 2 is 1.93 bits per heavy atom. The van der Waals surface area contributed by atoms with Crippen LogP contribution in [0.4, 0.5) is 0 Å². The highest BCUT2D eigenvalue weighted by atomic mass is 16.3. The molecule has 0 aliphatic rings. The van der Waals surface area contributed by atoms with Gasteiger partial charge in [0.15, 0.2) is 11.5 Å². The van der Waals surface area contributed by atoms with Crippen molar-refractivity contribution in [3.8, 4) is 11.5 Å². The van der Waals surface area contributed by atoms with Gasteiger partial charge in [-0.2, -0.15) is 0 Å². The third-order valence-electron chi connectivity index (χ3n) is 2.34. The quantitative estimate of drug-likeness (QED) is 0.496. The van der Waals surface area contributed by atoms with E-state index in [2.05, 4.69) is 12.2 Å². The number of phenolic OH excluding ortho intramolecular Hbond substituents is 2. The van der Waals surface area contributed by atoms with Gasteiger partial charge in [-0.3, -0.25) is 0 Å². The highest BCUT2D eigenvalue weighted by Crippen LogP contribution is 2.24. The van der Waals surface area contributed by atoms with Gasteiger partial charge in [-0.1, -0.05) is 19.4 Å². The first-order valence-electron chi connectivity index (χ1n) is 5.45. The number of nitrogens with one attached hydrogen (secondary N) is 1. The van der Waals surface area contributed by atoms with Gasteiger partial charge in [0.25, 0.3) is 0 Å². The summed E-state index contributed by atoms with van der Waals surface area (Å²) in [6.45, 7) is 4.12. The molecular weight excluding hydrogens is 190 g/mol. The van der Waals surface area contributed by atoms with Crippen LogP contribution in [-0.2, 0) is 6.42 Å². The molecule has 0 unspecified atom stereocenters. The van der Waals surface area contributed by atoms with E-state index >= 15 is 0 Å². The second kappa shape index (κ2) is 6.30. The first-order chi connectivity index (χ1) is 7.24. The molecule has 0 atom stereocenters. The molecule has 15 heavy (non-hydrogen) atoms. The Bertz CT molecular complexity index is 300. The van der Waals surface area contributed by atoms with Gasteiger partial charge in [-0.25, -0.2) is 0 Å². The zero-order valence-corrected chi connectivity index (χ0v) is 9.16. The summed E-state index contributed by atoms with van der Waals surface area (Å²) in [5.74, 6) is -0.0984. The van der Waals surface area contributed by atoms with Crippen LogP contribution < -0.4 is 5.32 Å². The number of benzene rings is 1. The van der Waals surface area contributed by atoms with Gasteiger partial charge in [-0.05, 0) is 43.6 Å². The average Bonchev–Trinajstić information content (AvgIpc) is 2.23. The number of aromatic hydroxyl groups is 2. The van der Waals surface area contributed by atoms with E-state index in [-0.39, 0.29) is 11.5 Å². The zero-order chi connectivity index (χ0) is 11.1. The maximum absolute atomic E-state index is 9.27. The van der Waals surface area contributed by atoms with Crippen molar-refractivity contribution >= 4 is 0 Å². The molecule has 0 fully saturated rings. The molecule has 0 aromatic heterocycles. The molecule has 0 saturated carbocycles. The van der Waals surface area contributed by atoms with Gasteiger partial charge < -0.3 is 15.5 Å². The Balaban J connectivity index is 2.28. The molecule has 1 aromatic carbocycles. The second-order valence-corrected chi connectivity index (χ2v) is 3.68. The minimum atomic E-state index is -0.0577. The van der Waals surface area contributed by atoms with Crippen molar-refractivity contribution in [2.45, 2.75) is 26.2 Å². The third kappa shape index (κ3) is 4.21. The summed E-state index contributed by atoms with van der Waals surface area (Å²) in [4.78, 5) is 0. The molecule has 0 saturated heterocycles. The summed E-state index contributed by atoms with van der Waals surface area (Å²) < 4.78 is 0. The molecule has 3 nitrogen and oxygen atoms in total. The molecule has 1 aromatic rings. The standard InChI is InChI=1S/C12H19NO2/c1-2-3-7-13-8-6-10-4-5-11(14)12(15)9-10/h4-5,9,13-15H,2-3,6-8H2,1H3. The fourth-order valence-corrected chi connectivity index (χ4v) is 1.38. The number of hydrogen-bond acceptors (Lipinski definition) is 3. The van der Waals surface area contributed by atoms with Crippen LogP contribution in [0.15, 0.2) is 18.2 Å². The van der Waals surface area contributed by atoms with Crippen LogP contribution in [0.3, 0.4) is 0 Å². The summed E-state index contributed by atoms with van der Waals surface area (Å²) >= 11 is 0. The Labute approximate surface area is 90.8 Å². The number of phenols is 2. The molecule has 0 aliphatic carbocycles. The summed E-state index contributed by atoms with van der Waals surface area (Å²) in [6.07, 6.45) is 3.27. The van der Waals surface area contributed by atoms with Crippen molar-refractivity contribution in [1.29, 1.82) is 0 Å². The minimum Gasteiger partial charge on any atom is -0.504 e. The van der Waals surface area contributed by atoms with Crippen LogP contribution >= 0.6 is 0 Å². The van der Waals surface area contributed by atoms with Crippen LogP contribution in [0.25, 0.3) is 0 Å². The lowest BCUT2D eigenvalue weighted by Crippen LogP contribution is -2.18. The Kier molecular flexibility index (Phi) is 4.98. The lowest BCUT2D eigenvalue weighted by atomic mass is 10.1. The first-order valence-corrected chi connectivity index (χ1v) is 5.45. The van der Waals surface area contributed by atoms with E-state index in [9.17, 15) is 5.11 Å². The van der Waals surface area contributed by atoms with E-state index in [1.807, 2.05) is 6.07 Å². The summed E-state index contributed by atoms with van der Waals surface area (Å²) in [6, 6.07) is 4.96. The molecule has 0 bridgehead atoms. The Morgan fingerprint density at radius 3 is 2.60 bits per heavy atom. The molecule has 0 spiro atoms. The SMILES string of the molecule is CCCCNCCc1ccc(O)c(O)c1. The fourth-order valence-electron chi connectivity index (χ4n) is 1.38. The van der Waals surface area contributed by atoms with E-state index in [1.54, 1.807) is 6.07 Å². The van der Waals surface area contributed by atoms with E-state index in [0.717, 1.165) is 25.1 Å². The van der Waals surface area contributed by atoms with Crippen molar-refractivity contribution < 1.29 is 10.2 Å². The van der Waals surface area contributed by atoms with Crippen LogP contribution in [0.5, 0.6) is 11.5 Å². The summed E-state index contributed by atoms with van der Waals surface area (Å²) in [7, 11) is 0. The van der Waals surface area contributed by atoms with Gasteiger partial charge in [0.05, 0.1) is 0 Å². The van der Waals surface area contributed by atoms with Gasteiger partial charge in [0.2, 0.25) is 0 Å². The van der Waals surface area contributed by atoms with Crippen LogP contribution in [0.2, 0.25) is 0 Å². The van der Waals surface area contributed by atoms with Crippen molar-refractivity contribution in [2.75, 3.05) is 13.1 Å². The molecular formula is C12H19NO2. The van der Waals surface area contributed by atoms with E-state index in [4.69, 9.17) is 5.11 Å². The topological polar surface area (TPSA) is 52.5 Å². The molecule has 0 heterocycles. The molecule has 0 aliphatic heterocycles. The zero-order valence-electron chi connectivity index (χ0n) is 9.16. The van der Waals surface area contributed by atoms with E-state index in [0.29, 0.717) is 0 Å². The minimum absolute atomic E-state index is 0.0407. The normalized spacial score (nSPS) is 10.5. The molecule has 0 radical (unpaired) electrons. The number of unbranched alkanes of at least 4 members (excludes halogenated alkanes) is 1. The molecule has 1 rings (SSSR count). The largest absolute Gasteiger partial charge is 0.504 e. The van der Waals surface area contributed by atoms with Crippen LogP contribution in [-0.4, -0.2) is 23.3 Å². The predicted octanol–water partition coefficient (Wildman–Crippen LogP) is 2.03. The first kappa shape index (κ1) is 11.9. The van der Waals surface area contributed by atoms with Crippen LogP contribution in [0, 0.1) is 0 Å². The molecule has 0 amide bonds. The Hall–Kier alpha value is -1.22. The van der Waals surface area contributed by atoms with Crippen molar-refractivity contribution in [2.24, 2.45) is 0 Å². The van der Waals surface area contributed by atoms with Gasteiger partial charge >= 0.3 is 0 Å². The van der Waals surface area contributed by atoms with Crippen molar-refractivity contribution in [1.82, 2.24) is 5.32 Å². The van der Waals surface area contributed by atoms with Crippen molar-refractivity contribution in [3.05, 3.63) is 23.8 Å².